The van der Waals surface area contributed by atoms with E-state index in [1.165, 1.54) is 6.07 Å². The van der Waals surface area contributed by atoms with Crippen molar-refractivity contribution in [3.05, 3.63) is 29.6 Å². The smallest absolute Gasteiger partial charge is 0.146 e. The van der Waals surface area contributed by atoms with E-state index in [2.05, 4.69) is 9.80 Å². The van der Waals surface area contributed by atoms with Crippen LogP contribution in [0.2, 0.25) is 0 Å². The number of rotatable bonds is 5. The predicted molar refractivity (Wildman–Crippen MR) is 65.7 cm³/mol. The minimum Gasteiger partial charge on any atom is -0.396 e. The van der Waals surface area contributed by atoms with E-state index in [0.717, 1.165) is 25.2 Å². The molecule has 0 aromatic heterocycles. The van der Waals surface area contributed by atoms with Gasteiger partial charge >= 0.3 is 0 Å². The third-order valence-electron chi connectivity index (χ3n) is 2.45. The first kappa shape index (κ1) is 12.9. The van der Waals surface area contributed by atoms with Crippen molar-refractivity contribution < 1.29 is 4.39 Å². The van der Waals surface area contributed by atoms with Crippen LogP contribution < -0.4 is 5.73 Å². The number of hydrogen-bond acceptors (Lipinski definition) is 3. The first-order valence-electron chi connectivity index (χ1n) is 5.36. The molecule has 90 valence electrons. The van der Waals surface area contributed by atoms with Crippen molar-refractivity contribution in [3.63, 3.8) is 0 Å². The van der Waals surface area contributed by atoms with E-state index in [1.54, 1.807) is 6.07 Å². The van der Waals surface area contributed by atoms with Gasteiger partial charge < -0.3 is 15.5 Å². The maximum absolute atomic E-state index is 13.2. The fourth-order valence-corrected chi connectivity index (χ4v) is 1.43. The Bertz CT molecular complexity index is 339. The van der Waals surface area contributed by atoms with Gasteiger partial charge in [-0.2, -0.15) is 0 Å². The highest BCUT2D eigenvalue weighted by Gasteiger charge is 2.04. The second kappa shape index (κ2) is 5.82. The van der Waals surface area contributed by atoms with Gasteiger partial charge in [0.2, 0.25) is 0 Å². The van der Waals surface area contributed by atoms with Crippen molar-refractivity contribution >= 4 is 5.69 Å². The summed E-state index contributed by atoms with van der Waals surface area (Å²) in [5.41, 5.74) is 6.58. The lowest BCUT2D eigenvalue weighted by molar-refractivity contribution is 0.276. The third-order valence-corrected chi connectivity index (χ3v) is 2.45. The predicted octanol–water partition coefficient (Wildman–Crippen LogP) is 1.40. The van der Waals surface area contributed by atoms with Gasteiger partial charge in [-0.25, -0.2) is 4.39 Å². The summed E-state index contributed by atoms with van der Waals surface area (Å²) < 4.78 is 13.2. The van der Waals surface area contributed by atoms with Crippen LogP contribution in [0.15, 0.2) is 18.2 Å². The Morgan fingerprint density at radius 1 is 1.19 bits per heavy atom. The van der Waals surface area contributed by atoms with Crippen molar-refractivity contribution in [2.75, 3.05) is 40.0 Å². The van der Waals surface area contributed by atoms with Crippen LogP contribution in [-0.4, -0.2) is 44.0 Å². The van der Waals surface area contributed by atoms with Crippen molar-refractivity contribution in [3.8, 4) is 0 Å². The van der Waals surface area contributed by atoms with Gasteiger partial charge in [0.1, 0.15) is 5.82 Å². The summed E-state index contributed by atoms with van der Waals surface area (Å²) in [6.45, 7) is 2.69. The van der Waals surface area contributed by atoms with Gasteiger partial charge in [-0.3, -0.25) is 0 Å². The quantitative estimate of drug-likeness (QED) is 0.769. The highest BCUT2D eigenvalue weighted by atomic mass is 19.1. The molecule has 0 fully saturated rings. The highest BCUT2D eigenvalue weighted by molar-refractivity contribution is 5.41. The molecule has 0 amide bonds. The molecular formula is C12H20FN3. The van der Waals surface area contributed by atoms with Gasteiger partial charge in [-0.05, 0) is 38.8 Å². The molecule has 0 saturated carbocycles. The second-order valence-electron chi connectivity index (χ2n) is 4.40. The van der Waals surface area contributed by atoms with E-state index in [4.69, 9.17) is 5.73 Å². The van der Waals surface area contributed by atoms with Gasteiger partial charge in [0.05, 0.1) is 5.69 Å². The maximum atomic E-state index is 13.2. The maximum Gasteiger partial charge on any atom is 0.146 e. The molecule has 0 aliphatic heterocycles. The zero-order valence-corrected chi connectivity index (χ0v) is 10.2. The molecule has 0 unspecified atom stereocenters. The Balaban J connectivity index is 2.49. The number of nitrogen functional groups attached to an aromatic ring is 1. The second-order valence-corrected chi connectivity index (χ2v) is 4.40. The van der Waals surface area contributed by atoms with Crippen LogP contribution in [0.5, 0.6) is 0 Å². The largest absolute Gasteiger partial charge is 0.396 e. The van der Waals surface area contributed by atoms with E-state index in [0.29, 0.717) is 0 Å². The van der Waals surface area contributed by atoms with Crippen molar-refractivity contribution in [2.45, 2.75) is 6.54 Å². The minimum atomic E-state index is -0.335. The number of hydrogen-bond donors (Lipinski definition) is 1. The lowest BCUT2D eigenvalue weighted by Crippen LogP contribution is -2.28. The van der Waals surface area contributed by atoms with Crippen molar-refractivity contribution in [1.82, 2.24) is 9.80 Å². The average Bonchev–Trinajstić information content (AvgIpc) is 2.21. The molecule has 0 aliphatic carbocycles. The Morgan fingerprint density at radius 2 is 1.88 bits per heavy atom. The average molecular weight is 225 g/mol. The van der Waals surface area contributed by atoms with Gasteiger partial charge in [0.15, 0.2) is 0 Å². The number of nitrogens with two attached hydrogens (primary N) is 1. The molecule has 0 saturated heterocycles. The Labute approximate surface area is 96.6 Å². The van der Waals surface area contributed by atoms with Gasteiger partial charge in [0, 0.05) is 19.6 Å². The molecule has 3 nitrogen and oxygen atoms in total. The molecule has 2 N–H and O–H groups in total. The number of anilines is 1. The Hall–Kier alpha value is -1.13. The highest BCUT2D eigenvalue weighted by Crippen LogP contribution is 2.13. The molecule has 1 rings (SSSR count). The normalized spacial score (nSPS) is 11.4. The Kier molecular flexibility index (Phi) is 4.71. The van der Waals surface area contributed by atoms with Crippen LogP contribution in [0.25, 0.3) is 0 Å². The molecule has 1 aromatic rings. The number of halogens is 1. The topological polar surface area (TPSA) is 32.5 Å². The number of benzene rings is 1. The van der Waals surface area contributed by atoms with E-state index >= 15 is 0 Å². The fourth-order valence-electron chi connectivity index (χ4n) is 1.43. The summed E-state index contributed by atoms with van der Waals surface area (Å²) in [5.74, 6) is -0.335. The van der Waals surface area contributed by atoms with Crippen LogP contribution in [0.3, 0.4) is 0 Å². The molecule has 1 aromatic carbocycles. The zero-order chi connectivity index (χ0) is 12.1. The zero-order valence-electron chi connectivity index (χ0n) is 10.2. The van der Waals surface area contributed by atoms with Gasteiger partial charge in [-0.15, -0.1) is 0 Å². The van der Waals surface area contributed by atoms with E-state index < -0.39 is 0 Å². The number of likely N-dealkylation sites (N-methyl/N-ethyl adjacent to an activating group) is 2. The molecule has 0 atom stereocenters. The summed E-state index contributed by atoms with van der Waals surface area (Å²) in [7, 11) is 6.10. The lowest BCUT2D eigenvalue weighted by Gasteiger charge is -2.19. The van der Waals surface area contributed by atoms with Gasteiger partial charge in [0.25, 0.3) is 0 Å². The standard InChI is InChI=1S/C12H20FN3/c1-15(2)6-7-16(3)9-10-4-5-12(14)11(13)8-10/h4-5,8H,6-7,9,14H2,1-3H3. The number of nitrogens with zero attached hydrogens (tertiary/aromatic N) is 2. The molecule has 0 spiro atoms. The molecule has 0 aliphatic rings. The van der Waals surface area contributed by atoms with E-state index in [-0.39, 0.29) is 11.5 Å². The molecule has 0 heterocycles. The van der Waals surface area contributed by atoms with Gasteiger partial charge in [-0.1, -0.05) is 6.07 Å². The molecule has 0 radical (unpaired) electrons. The molecular weight excluding hydrogens is 205 g/mol. The van der Waals surface area contributed by atoms with Crippen LogP contribution >= 0.6 is 0 Å². The minimum absolute atomic E-state index is 0.208. The summed E-state index contributed by atoms with van der Waals surface area (Å²) in [6, 6.07) is 4.98. The van der Waals surface area contributed by atoms with E-state index in [9.17, 15) is 4.39 Å². The SMILES string of the molecule is CN(C)CCN(C)Cc1ccc(N)c(F)c1. The van der Waals surface area contributed by atoms with Crippen LogP contribution in [0.4, 0.5) is 10.1 Å². The summed E-state index contributed by atoms with van der Waals surface area (Å²) in [6.07, 6.45) is 0. The van der Waals surface area contributed by atoms with Crippen LogP contribution in [0.1, 0.15) is 5.56 Å². The summed E-state index contributed by atoms with van der Waals surface area (Å²) in [5, 5.41) is 0. The summed E-state index contributed by atoms with van der Waals surface area (Å²) >= 11 is 0. The molecule has 16 heavy (non-hydrogen) atoms. The first-order valence-corrected chi connectivity index (χ1v) is 5.36. The third kappa shape index (κ3) is 4.16. The van der Waals surface area contributed by atoms with Crippen molar-refractivity contribution in [2.24, 2.45) is 0 Å². The molecule has 0 bridgehead atoms. The van der Waals surface area contributed by atoms with Crippen LogP contribution in [-0.2, 0) is 6.54 Å². The summed E-state index contributed by atoms with van der Waals surface area (Å²) in [4.78, 5) is 4.28. The van der Waals surface area contributed by atoms with E-state index in [1.807, 2.05) is 27.2 Å². The lowest BCUT2D eigenvalue weighted by atomic mass is 10.2. The molecule has 4 heteroatoms. The van der Waals surface area contributed by atoms with Crippen LogP contribution in [0, 0.1) is 5.82 Å². The fraction of sp³-hybridized carbons (Fsp3) is 0.500. The van der Waals surface area contributed by atoms with Crippen molar-refractivity contribution in [1.29, 1.82) is 0 Å². The first-order chi connectivity index (χ1) is 7.49. The Morgan fingerprint density at radius 3 is 2.44 bits per heavy atom. The monoisotopic (exact) mass is 225 g/mol.